The van der Waals surface area contributed by atoms with Crippen molar-refractivity contribution in [2.24, 2.45) is 0 Å². The maximum atomic E-state index is 11.9. The molecule has 0 saturated carbocycles. The van der Waals surface area contributed by atoms with Crippen molar-refractivity contribution < 1.29 is 8.42 Å². The number of nitrogens with zero attached hydrogens (tertiary/aromatic N) is 2. The largest absolute Gasteiger partial charge is 0.272 e. The van der Waals surface area contributed by atoms with Crippen LogP contribution in [0.25, 0.3) is 0 Å². The van der Waals surface area contributed by atoms with Crippen molar-refractivity contribution in [3.8, 4) is 0 Å². The minimum Gasteiger partial charge on any atom is -0.272 e. The summed E-state index contributed by atoms with van der Waals surface area (Å²) in [7, 11) is -3.41. The van der Waals surface area contributed by atoms with Gasteiger partial charge in [0.2, 0.25) is 10.0 Å². The summed E-state index contributed by atoms with van der Waals surface area (Å²) in [6, 6.07) is -0.00465. The highest BCUT2D eigenvalue weighted by molar-refractivity contribution is 7.89. The Hall–Kier alpha value is -0.880. The number of hydrogen-bond donors (Lipinski definition) is 1. The van der Waals surface area contributed by atoms with Gasteiger partial charge >= 0.3 is 0 Å². The summed E-state index contributed by atoms with van der Waals surface area (Å²) in [6.07, 6.45) is 4.51. The first-order valence-corrected chi connectivity index (χ1v) is 7.06. The van der Waals surface area contributed by atoms with Crippen LogP contribution < -0.4 is 4.72 Å². The van der Waals surface area contributed by atoms with Crippen LogP contribution >= 0.6 is 0 Å². The number of rotatable bonds is 6. The van der Waals surface area contributed by atoms with E-state index in [-0.39, 0.29) is 10.9 Å². The van der Waals surface area contributed by atoms with Crippen molar-refractivity contribution in [1.29, 1.82) is 0 Å². The van der Waals surface area contributed by atoms with Gasteiger partial charge in [0.05, 0.1) is 6.20 Å². The molecule has 0 fully saturated rings. The minimum absolute atomic E-state index is 0.00465. The second kappa shape index (κ2) is 5.45. The lowest BCUT2D eigenvalue weighted by molar-refractivity contribution is 0.530. The standard InChI is InChI=1S/C10H19N3O2S/c1-4-9(5-2)12-16(14,15)10-7-11-13(6-3)8-10/h7-9,12H,4-6H2,1-3H3. The molecule has 16 heavy (non-hydrogen) atoms. The van der Waals surface area contributed by atoms with Gasteiger partial charge in [0.25, 0.3) is 0 Å². The van der Waals surface area contributed by atoms with Crippen molar-refractivity contribution >= 4 is 10.0 Å². The van der Waals surface area contributed by atoms with E-state index in [1.54, 1.807) is 10.9 Å². The van der Waals surface area contributed by atoms with Gasteiger partial charge in [-0.3, -0.25) is 4.68 Å². The van der Waals surface area contributed by atoms with Crippen LogP contribution in [0.2, 0.25) is 0 Å². The summed E-state index contributed by atoms with van der Waals surface area (Å²) >= 11 is 0. The third-order valence-corrected chi connectivity index (χ3v) is 4.03. The molecule has 1 heterocycles. The Morgan fingerprint density at radius 1 is 1.38 bits per heavy atom. The molecule has 1 N–H and O–H groups in total. The maximum absolute atomic E-state index is 11.9. The predicted octanol–water partition coefficient (Wildman–Crippen LogP) is 1.37. The van der Waals surface area contributed by atoms with Crippen LogP contribution in [-0.2, 0) is 16.6 Å². The molecule has 0 amide bonds. The van der Waals surface area contributed by atoms with E-state index in [2.05, 4.69) is 9.82 Å². The first-order chi connectivity index (χ1) is 7.53. The van der Waals surface area contributed by atoms with E-state index >= 15 is 0 Å². The average molecular weight is 245 g/mol. The van der Waals surface area contributed by atoms with Gasteiger partial charge in [-0.15, -0.1) is 0 Å². The lowest BCUT2D eigenvalue weighted by atomic mass is 10.2. The van der Waals surface area contributed by atoms with Crippen LogP contribution in [0.15, 0.2) is 17.3 Å². The van der Waals surface area contributed by atoms with Crippen LogP contribution in [0.4, 0.5) is 0 Å². The Labute approximate surface area is 96.9 Å². The van der Waals surface area contributed by atoms with Gasteiger partial charge in [-0.2, -0.15) is 5.10 Å². The van der Waals surface area contributed by atoms with Gasteiger partial charge in [0, 0.05) is 18.8 Å². The van der Waals surface area contributed by atoms with E-state index < -0.39 is 10.0 Å². The molecular weight excluding hydrogens is 226 g/mol. The van der Waals surface area contributed by atoms with Crippen molar-refractivity contribution in [1.82, 2.24) is 14.5 Å². The number of nitrogens with one attached hydrogen (secondary N) is 1. The molecule has 92 valence electrons. The van der Waals surface area contributed by atoms with Crippen molar-refractivity contribution in [2.45, 2.75) is 51.1 Å². The molecule has 1 aromatic rings. The molecule has 0 radical (unpaired) electrons. The van der Waals surface area contributed by atoms with Crippen LogP contribution in [0.3, 0.4) is 0 Å². The van der Waals surface area contributed by atoms with E-state index in [0.717, 1.165) is 12.8 Å². The summed E-state index contributed by atoms with van der Waals surface area (Å²) in [4.78, 5) is 0.237. The van der Waals surface area contributed by atoms with Crippen molar-refractivity contribution in [3.63, 3.8) is 0 Å². The summed E-state index contributed by atoms with van der Waals surface area (Å²) in [5.74, 6) is 0. The third-order valence-electron chi connectivity index (χ3n) is 2.55. The average Bonchev–Trinajstić information content (AvgIpc) is 2.75. The van der Waals surface area contributed by atoms with E-state index in [0.29, 0.717) is 6.54 Å². The summed E-state index contributed by atoms with van der Waals surface area (Å²) in [6.45, 7) is 6.51. The van der Waals surface area contributed by atoms with E-state index in [9.17, 15) is 8.42 Å². The highest BCUT2D eigenvalue weighted by atomic mass is 32.2. The molecule has 0 atom stereocenters. The number of sulfonamides is 1. The smallest absolute Gasteiger partial charge is 0.243 e. The first-order valence-electron chi connectivity index (χ1n) is 5.58. The Bertz CT molecular complexity index is 421. The van der Waals surface area contributed by atoms with E-state index in [4.69, 9.17) is 0 Å². The molecule has 0 spiro atoms. The predicted molar refractivity (Wildman–Crippen MR) is 62.6 cm³/mol. The van der Waals surface area contributed by atoms with Gasteiger partial charge in [0.15, 0.2) is 0 Å². The highest BCUT2D eigenvalue weighted by Gasteiger charge is 2.19. The lowest BCUT2D eigenvalue weighted by Gasteiger charge is -2.13. The fourth-order valence-corrected chi connectivity index (χ4v) is 2.75. The molecule has 0 saturated heterocycles. The Morgan fingerprint density at radius 3 is 2.44 bits per heavy atom. The molecule has 0 bridgehead atoms. The normalized spacial score (nSPS) is 12.2. The Balaban J connectivity index is 2.85. The number of aromatic nitrogens is 2. The third kappa shape index (κ3) is 3.05. The van der Waals surface area contributed by atoms with Gasteiger partial charge in [-0.1, -0.05) is 13.8 Å². The molecule has 5 nitrogen and oxygen atoms in total. The SMILES string of the molecule is CCC(CC)NS(=O)(=O)c1cnn(CC)c1. The first kappa shape index (κ1) is 13.2. The fraction of sp³-hybridized carbons (Fsp3) is 0.700. The highest BCUT2D eigenvalue weighted by Crippen LogP contribution is 2.09. The Morgan fingerprint density at radius 2 is 2.00 bits per heavy atom. The zero-order chi connectivity index (χ0) is 12.2. The molecule has 0 aliphatic carbocycles. The van der Waals surface area contributed by atoms with Crippen LogP contribution in [0.5, 0.6) is 0 Å². The second-order valence-corrected chi connectivity index (χ2v) is 5.38. The molecule has 0 aliphatic heterocycles. The number of aryl methyl sites for hydroxylation is 1. The van der Waals surface area contributed by atoms with Crippen molar-refractivity contribution in [2.75, 3.05) is 0 Å². The summed E-state index contributed by atoms with van der Waals surface area (Å²) in [5.41, 5.74) is 0. The van der Waals surface area contributed by atoms with Crippen LogP contribution in [-0.4, -0.2) is 24.2 Å². The van der Waals surface area contributed by atoms with Crippen LogP contribution in [0, 0.1) is 0 Å². The fourth-order valence-electron chi connectivity index (χ4n) is 1.40. The summed E-state index contributed by atoms with van der Waals surface area (Å²) < 4.78 is 28.1. The molecule has 0 aliphatic rings. The number of hydrogen-bond acceptors (Lipinski definition) is 3. The van der Waals surface area contributed by atoms with Crippen molar-refractivity contribution in [3.05, 3.63) is 12.4 Å². The quantitative estimate of drug-likeness (QED) is 0.823. The topological polar surface area (TPSA) is 64.0 Å². The van der Waals surface area contributed by atoms with Gasteiger partial charge in [-0.25, -0.2) is 13.1 Å². The van der Waals surface area contributed by atoms with E-state index in [1.165, 1.54) is 6.20 Å². The van der Waals surface area contributed by atoms with Gasteiger partial charge in [-0.05, 0) is 19.8 Å². The molecule has 1 rings (SSSR count). The molecule has 1 aromatic heterocycles. The molecular formula is C10H19N3O2S. The monoisotopic (exact) mass is 245 g/mol. The zero-order valence-corrected chi connectivity index (χ0v) is 10.8. The maximum Gasteiger partial charge on any atom is 0.243 e. The Kier molecular flexibility index (Phi) is 4.49. The van der Waals surface area contributed by atoms with Crippen LogP contribution in [0.1, 0.15) is 33.6 Å². The second-order valence-electron chi connectivity index (χ2n) is 3.67. The van der Waals surface area contributed by atoms with Gasteiger partial charge < -0.3 is 0 Å². The zero-order valence-electron chi connectivity index (χ0n) is 9.97. The summed E-state index contributed by atoms with van der Waals surface area (Å²) in [5, 5.41) is 3.96. The van der Waals surface area contributed by atoms with E-state index in [1.807, 2.05) is 20.8 Å². The van der Waals surface area contributed by atoms with Gasteiger partial charge in [0.1, 0.15) is 4.90 Å². The minimum atomic E-state index is -3.41. The molecule has 0 aromatic carbocycles. The molecule has 6 heteroatoms. The lowest BCUT2D eigenvalue weighted by Crippen LogP contribution is -2.33. The molecule has 0 unspecified atom stereocenters.